The number of Topliss-reactive ketones (excluding diaryl/α,β-unsaturated/α-hetero) is 1. The average Bonchev–Trinajstić information content (AvgIpc) is 3.49. The zero-order valence-electron chi connectivity index (χ0n) is 22.1. The molecule has 0 aliphatic carbocycles. The number of ketones is 1. The van der Waals surface area contributed by atoms with Crippen molar-refractivity contribution < 1.29 is 27.5 Å². The Kier molecular flexibility index (Phi) is 7.76. The summed E-state index contributed by atoms with van der Waals surface area (Å²) in [6.07, 6.45) is 2.56. The van der Waals surface area contributed by atoms with Crippen molar-refractivity contribution in [1.29, 1.82) is 0 Å². The largest absolute Gasteiger partial charge is 0.414 e. The Bertz CT molecular complexity index is 1530. The highest BCUT2D eigenvalue weighted by molar-refractivity contribution is 7.88. The summed E-state index contributed by atoms with van der Waals surface area (Å²) in [5, 5.41) is 2.62. The van der Waals surface area contributed by atoms with Crippen LogP contribution in [0.3, 0.4) is 0 Å². The van der Waals surface area contributed by atoms with E-state index in [2.05, 4.69) is 20.3 Å². The number of fused-ring (bicyclic) bond motifs is 2. The summed E-state index contributed by atoms with van der Waals surface area (Å²) in [5.74, 6) is -1.13. The molecule has 40 heavy (non-hydrogen) atoms. The molecule has 0 spiro atoms. The monoisotopic (exact) mass is 566 g/mol. The van der Waals surface area contributed by atoms with Crippen LogP contribution >= 0.6 is 0 Å². The van der Waals surface area contributed by atoms with Crippen LogP contribution < -0.4 is 10.1 Å². The number of rotatable bonds is 8. The Labute approximate surface area is 231 Å². The van der Waals surface area contributed by atoms with Crippen molar-refractivity contribution >= 4 is 38.8 Å². The van der Waals surface area contributed by atoms with Crippen molar-refractivity contribution in [3.63, 3.8) is 0 Å². The van der Waals surface area contributed by atoms with Gasteiger partial charge in [-0.3, -0.25) is 14.6 Å². The highest BCUT2D eigenvalue weighted by Gasteiger charge is 2.54. The summed E-state index contributed by atoms with van der Waals surface area (Å²) in [4.78, 5) is 53.5. The van der Waals surface area contributed by atoms with Gasteiger partial charge in [0.25, 0.3) is 0 Å². The maximum absolute atomic E-state index is 13.7. The Morgan fingerprint density at radius 2 is 1.85 bits per heavy atom. The second-order valence-electron chi connectivity index (χ2n) is 10.3. The van der Waals surface area contributed by atoms with Crippen molar-refractivity contribution in [3.05, 3.63) is 60.6 Å². The average molecular weight is 567 g/mol. The van der Waals surface area contributed by atoms with E-state index in [4.69, 9.17) is 4.74 Å². The van der Waals surface area contributed by atoms with Crippen LogP contribution in [0.15, 0.2) is 54.9 Å². The van der Waals surface area contributed by atoms with Gasteiger partial charge in [-0.05, 0) is 43.0 Å². The SMILES string of the molecule is CC(C)CC(NC(=O)Oc1cnc2ccccc2n1)C(=O)N1CCC2C1C(=O)CN2S(=O)(=O)Cc1ccccn1. The standard InChI is InChI=1S/C27H30N6O6S/c1-17(2)13-21(31-27(36)39-24-14-29-19-8-3-4-9-20(19)30-24)26(35)32-12-10-22-25(32)23(34)15-33(22)40(37,38)16-18-7-5-6-11-28-18/h3-9,11,14,17,21-22,25H,10,12-13,15-16H2,1-2H3,(H,31,36). The van der Waals surface area contributed by atoms with Gasteiger partial charge in [0.15, 0.2) is 5.78 Å². The Balaban J connectivity index is 1.29. The highest BCUT2D eigenvalue weighted by Crippen LogP contribution is 2.33. The number of para-hydroxylation sites is 2. The van der Waals surface area contributed by atoms with E-state index in [9.17, 15) is 22.8 Å². The predicted octanol–water partition coefficient (Wildman–Crippen LogP) is 1.91. The van der Waals surface area contributed by atoms with Crippen LogP contribution in [0.25, 0.3) is 11.0 Å². The lowest BCUT2D eigenvalue weighted by atomic mass is 10.0. The molecule has 0 bridgehead atoms. The number of likely N-dealkylation sites (tertiary alicyclic amines) is 1. The molecular formula is C27H30N6O6S. The molecule has 3 atom stereocenters. The molecule has 4 heterocycles. The molecule has 2 aliphatic rings. The number of amides is 2. The molecule has 2 aliphatic heterocycles. The van der Waals surface area contributed by atoms with E-state index in [1.54, 1.807) is 36.4 Å². The van der Waals surface area contributed by atoms with Crippen molar-refractivity contribution in [2.24, 2.45) is 5.92 Å². The summed E-state index contributed by atoms with van der Waals surface area (Å²) in [7, 11) is -3.85. The molecule has 2 amide bonds. The summed E-state index contributed by atoms with van der Waals surface area (Å²) >= 11 is 0. The number of carbonyl (C=O) groups excluding carboxylic acids is 3. The maximum Gasteiger partial charge on any atom is 0.414 e. The Hall–Kier alpha value is -3.97. The van der Waals surface area contributed by atoms with Crippen LogP contribution in [-0.2, 0) is 25.4 Å². The van der Waals surface area contributed by atoms with Crippen LogP contribution in [0, 0.1) is 5.92 Å². The van der Waals surface area contributed by atoms with Gasteiger partial charge >= 0.3 is 6.09 Å². The number of hydrogen-bond acceptors (Lipinski definition) is 9. The normalized spacial score (nSPS) is 20.1. The van der Waals surface area contributed by atoms with Gasteiger partial charge < -0.3 is 15.0 Å². The third kappa shape index (κ3) is 5.80. The predicted molar refractivity (Wildman–Crippen MR) is 144 cm³/mol. The third-order valence-electron chi connectivity index (χ3n) is 7.00. The number of hydrogen-bond donors (Lipinski definition) is 1. The lowest BCUT2D eigenvalue weighted by molar-refractivity contribution is -0.138. The molecule has 3 unspecified atom stereocenters. The van der Waals surface area contributed by atoms with Gasteiger partial charge in [0, 0.05) is 12.7 Å². The number of carbonyl (C=O) groups is 3. The lowest BCUT2D eigenvalue weighted by Gasteiger charge is -2.28. The minimum Gasteiger partial charge on any atom is -0.390 e. The fourth-order valence-corrected chi connectivity index (χ4v) is 6.95. The van der Waals surface area contributed by atoms with Crippen LogP contribution in [0.4, 0.5) is 4.79 Å². The molecule has 1 aromatic carbocycles. The highest BCUT2D eigenvalue weighted by atomic mass is 32.2. The lowest BCUT2D eigenvalue weighted by Crippen LogP contribution is -2.53. The molecule has 1 N–H and O–H groups in total. The molecular weight excluding hydrogens is 536 g/mol. The van der Waals surface area contributed by atoms with Crippen LogP contribution in [0.1, 0.15) is 32.4 Å². The minimum atomic E-state index is -3.85. The maximum atomic E-state index is 13.7. The number of ether oxygens (including phenoxy) is 1. The molecule has 5 rings (SSSR count). The molecule has 12 nitrogen and oxygen atoms in total. The van der Waals surface area contributed by atoms with Crippen LogP contribution in [-0.4, -0.2) is 81.6 Å². The van der Waals surface area contributed by atoms with E-state index in [0.29, 0.717) is 29.6 Å². The van der Waals surface area contributed by atoms with Gasteiger partial charge in [0.2, 0.25) is 21.8 Å². The summed E-state index contributed by atoms with van der Waals surface area (Å²) < 4.78 is 32.9. The van der Waals surface area contributed by atoms with E-state index in [1.807, 2.05) is 19.9 Å². The quantitative estimate of drug-likeness (QED) is 0.431. The third-order valence-corrected chi connectivity index (χ3v) is 8.77. The number of pyridine rings is 1. The first-order valence-electron chi connectivity index (χ1n) is 13.0. The molecule has 0 saturated carbocycles. The molecule has 13 heteroatoms. The first-order valence-corrected chi connectivity index (χ1v) is 14.7. The smallest absolute Gasteiger partial charge is 0.390 e. The molecule has 3 aromatic rings. The van der Waals surface area contributed by atoms with Crippen molar-refractivity contribution in [2.75, 3.05) is 13.1 Å². The molecule has 2 aromatic heterocycles. The van der Waals surface area contributed by atoms with Gasteiger partial charge in [-0.1, -0.05) is 32.0 Å². The molecule has 210 valence electrons. The van der Waals surface area contributed by atoms with Gasteiger partial charge in [-0.2, -0.15) is 4.31 Å². The molecule has 2 saturated heterocycles. The number of nitrogens with zero attached hydrogens (tertiary/aromatic N) is 5. The van der Waals surface area contributed by atoms with Crippen molar-refractivity contribution in [3.8, 4) is 5.88 Å². The van der Waals surface area contributed by atoms with Crippen molar-refractivity contribution in [2.45, 2.75) is 50.6 Å². The number of benzene rings is 1. The van der Waals surface area contributed by atoms with Gasteiger partial charge in [-0.15, -0.1) is 0 Å². The first kappa shape index (κ1) is 27.6. The van der Waals surface area contributed by atoms with Gasteiger partial charge in [0.1, 0.15) is 17.8 Å². The Morgan fingerprint density at radius 1 is 1.10 bits per heavy atom. The second-order valence-corrected chi connectivity index (χ2v) is 12.3. The number of aromatic nitrogens is 3. The summed E-state index contributed by atoms with van der Waals surface area (Å²) in [5.41, 5.74) is 1.57. The minimum absolute atomic E-state index is 0.0205. The number of sulfonamides is 1. The van der Waals surface area contributed by atoms with Crippen LogP contribution in [0.5, 0.6) is 5.88 Å². The summed E-state index contributed by atoms with van der Waals surface area (Å²) in [6.45, 7) is 3.69. The van der Waals surface area contributed by atoms with Gasteiger partial charge in [0.05, 0.1) is 35.5 Å². The van der Waals surface area contributed by atoms with Crippen LogP contribution in [0.2, 0.25) is 0 Å². The Morgan fingerprint density at radius 3 is 2.58 bits per heavy atom. The first-order chi connectivity index (χ1) is 19.1. The fraction of sp³-hybridized carbons (Fsp3) is 0.407. The second kappa shape index (κ2) is 11.3. The molecule has 2 fully saturated rings. The van der Waals surface area contributed by atoms with E-state index >= 15 is 0 Å². The number of nitrogens with one attached hydrogen (secondary N) is 1. The summed E-state index contributed by atoms with van der Waals surface area (Å²) in [6, 6.07) is 9.58. The topological polar surface area (TPSA) is 152 Å². The van der Waals surface area contributed by atoms with E-state index in [-0.39, 0.29) is 36.4 Å². The zero-order valence-corrected chi connectivity index (χ0v) is 23.0. The molecule has 0 radical (unpaired) electrons. The van der Waals surface area contributed by atoms with Gasteiger partial charge in [-0.25, -0.2) is 23.2 Å². The zero-order chi connectivity index (χ0) is 28.4. The fourth-order valence-electron chi connectivity index (χ4n) is 5.28. The van der Waals surface area contributed by atoms with E-state index in [0.717, 1.165) is 0 Å². The van der Waals surface area contributed by atoms with Crippen molar-refractivity contribution in [1.82, 2.24) is 29.5 Å². The van der Waals surface area contributed by atoms with E-state index < -0.39 is 40.1 Å². The van der Waals surface area contributed by atoms with E-state index in [1.165, 1.54) is 21.6 Å².